The average molecular weight is 264 g/mol. The molecule has 0 aliphatic carbocycles. The Kier molecular flexibility index (Phi) is 3.69. The molecule has 4 aliphatic rings. The van der Waals surface area contributed by atoms with Gasteiger partial charge in [-0.1, -0.05) is 20.8 Å². The lowest BCUT2D eigenvalue weighted by Crippen LogP contribution is -2.58. The second kappa shape index (κ2) is 5.17. The Hall–Kier alpha value is -0.410. The molecule has 4 aliphatic heterocycles. The van der Waals surface area contributed by atoms with Crippen LogP contribution in [0.4, 0.5) is 0 Å². The van der Waals surface area contributed by atoms with E-state index in [2.05, 4.69) is 23.6 Å². The molecule has 4 rings (SSSR count). The van der Waals surface area contributed by atoms with Gasteiger partial charge in [-0.15, -0.1) is 0 Å². The van der Waals surface area contributed by atoms with Crippen molar-refractivity contribution in [1.82, 2.24) is 9.80 Å². The van der Waals surface area contributed by atoms with E-state index in [9.17, 15) is 4.79 Å². The van der Waals surface area contributed by atoms with Gasteiger partial charge in [-0.05, 0) is 43.7 Å². The average Bonchev–Trinajstić information content (AvgIpc) is 2.79. The van der Waals surface area contributed by atoms with Gasteiger partial charge in [-0.3, -0.25) is 14.6 Å². The predicted molar refractivity (Wildman–Crippen MR) is 77.1 cm³/mol. The number of rotatable bonds is 4. The zero-order chi connectivity index (χ0) is 13.6. The fourth-order valence-corrected chi connectivity index (χ4v) is 4.75. The standard InChI is InChI=1S/C16H28N2O/c1-4-14(19)16-15-13(10-18(16)9-11(2)3)12-5-7-17(15)8-6-12/h11-13,15-16H,4-10H2,1-3H3. The SMILES string of the molecule is CCC(=O)C1C2C(CN1CC(C)C)C1CCN2CC1. The number of piperidine rings is 3. The van der Waals surface area contributed by atoms with Crippen LogP contribution in [0.15, 0.2) is 0 Å². The number of nitrogens with zero attached hydrogens (tertiary/aromatic N) is 2. The van der Waals surface area contributed by atoms with Crippen LogP contribution in [0, 0.1) is 17.8 Å². The third kappa shape index (κ3) is 2.25. The van der Waals surface area contributed by atoms with E-state index >= 15 is 0 Å². The second-order valence-electron chi connectivity index (χ2n) is 7.14. The number of carbonyl (C=O) groups excluding carboxylic acids is 1. The molecule has 3 nitrogen and oxygen atoms in total. The van der Waals surface area contributed by atoms with Crippen LogP contribution in [0.2, 0.25) is 0 Å². The fraction of sp³-hybridized carbons (Fsp3) is 0.938. The Morgan fingerprint density at radius 1 is 1.26 bits per heavy atom. The van der Waals surface area contributed by atoms with Crippen molar-refractivity contribution in [3.8, 4) is 0 Å². The van der Waals surface area contributed by atoms with Crippen molar-refractivity contribution in [2.45, 2.75) is 52.1 Å². The van der Waals surface area contributed by atoms with Crippen molar-refractivity contribution in [3.63, 3.8) is 0 Å². The lowest BCUT2D eigenvalue weighted by Gasteiger charge is -2.49. The molecule has 0 radical (unpaired) electrons. The lowest BCUT2D eigenvalue weighted by atomic mass is 9.73. The van der Waals surface area contributed by atoms with Crippen LogP contribution in [0.1, 0.15) is 40.0 Å². The highest BCUT2D eigenvalue weighted by Crippen LogP contribution is 2.44. The molecule has 2 bridgehead atoms. The summed E-state index contributed by atoms with van der Waals surface area (Å²) in [5.41, 5.74) is 0. The summed E-state index contributed by atoms with van der Waals surface area (Å²) in [4.78, 5) is 17.6. The summed E-state index contributed by atoms with van der Waals surface area (Å²) < 4.78 is 0. The quantitative estimate of drug-likeness (QED) is 0.776. The first-order valence-corrected chi connectivity index (χ1v) is 8.12. The molecular formula is C16H28N2O. The van der Waals surface area contributed by atoms with Crippen molar-refractivity contribution in [1.29, 1.82) is 0 Å². The summed E-state index contributed by atoms with van der Waals surface area (Å²) in [6, 6.07) is 0.735. The minimum atomic E-state index is 0.195. The van der Waals surface area contributed by atoms with Gasteiger partial charge >= 0.3 is 0 Å². The molecule has 4 saturated heterocycles. The third-order valence-corrected chi connectivity index (χ3v) is 5.48. The van der Waals surface area contributed by atoms with Crippen LogP contribution in [0.5, 0.6) is 0 Å². The van der Waals surface area contributed by atoms with Crippen molar-refractivity contribution < 1.29 is 4.79 Å². The highest BCUT2D eigenvalue weighted by Gasteiger charge is 2.53. The molecule has 0 aromatic rings. The molecule has 0 amide bonds. The number of carbonyl (C=O) groups is 1. The second-order valence-corrected chi connectivity index (χ2v) is 7.14. The molecule has 0 aromatic carbocycles. The van der Waals surface area contributed by atoms with Crippen LogP contribution < -0.4 is 0 Å². The molecule has 108 valence electrons. The van der Waals surface area contributed by atoms with Crippen LogP contribution in [-0.4, -0.2) is 53.8 Å². The lowest BCUT2D eigenvalue weighted by molar-refractivity contribution is -0.126. The third-order valence-electron chi connectivity index (χ3n) is 5.48. The van der Waals surface area contributed by atoms with Crippen LogP contribution >= 0.6 is 0 Å². The van der Waals surface area contributed by atoms with E-state index in [1.807, 2.05) is 6.92 Å². The highest BCUT2D eigenvalue weighted by atomic mass is 16.1. The van der Waals surface area contributed by atoms with Gasteiger partial charge in [0.05, 0.1) is 6.04 Å². The Morgan fingerprint density at radius 3 is 2.53 bits per heavy atom. The Bertz CT molecular complexity index is 347. The zero-order valence-corrected chi connectivity index (χ0v) is 12.6. The first kappa shape index (κ1) is 13.6. The number of hydrogen-bond acceptors (Lipinski definition) is 3. The van der Waals surface area contributed by atoms with E-state index in [0.29, 0.717) is 24.2 Å². The van der Waals surface area contributed by atoms with Gasteiger partial charge in [-0.25, -0.2) is 0 Å². The maximum Gasteiger partial charge on any atom is 0.151 e. The van der Waals surface area contributed by atoms with Crippen molar-refractivity contribution >= 4 is 5.78 Å². The highest BCUT2D eigenvalue weighted by molar-refractivity contribution is 5.85. The van der Waals surface area contributed by atoms with Gasteiger partial charge in [0.25, 0.3) is 0 Å². The molecule has 0 spiro atoms. The number of fused-ring (bicyclic) bond motifs is 2. The molecule has 3 heteroatoms. The molecule has 0 aromatic heterocycles. The fourth-order valence-electron chi connectivity index (χ4n) is 4.75. The molecule has 3 unspecified atom stereocenters. The van der Waals surface area contributed by atoms with E-state index < -0.39 is 0 Å². The Morgan fingerprint density at radius 2 is 1.95 bits per heavy atom. The van der Waals surface area contributed by atoms with Crippen molar-refractivity contribution in [2.75, 3.05) is 26.2 Å². The number of hydrogen-bond donors (Lipinski definition) is 0. The van der Waals surface area contributed by atoms with Crippen LogP contribution in [-0.2, 0) is 4.79 Å². The van der Waals surface area contributed by atoms with E-state index in [0.717, 1.165) is 18.4 Å². The molecule has 0 N–H and O–H groups in total. The van der Waals surface area contributed by atoms with Crippen LogP contribution in [0.25, 0.3) is 0 Å². The normalized spacial score (nSPS) is 41.8. The first-order valence-electron chi connectivity index (χ1n) is 8.12. The maximum absolute atomic E-state index is 12.5. The summed E-state index contributed by atoms with van der Waals surface area (Å²) in [6.07, 6.45) is 3.43. The van der Waals surface area contributed by atoms with Crippen molar-refractivity contribution in [3.05, 3.63) is 0 Å². The topological polar surface area (TPSA) is 23.6 Å². The summed E-state index contributed by atoms with van der Waals surface area (Å²) in [6.45, 7) is 11.3. The van der Waals surface area contributed by atoms with Gasteiger partial charge in [0.15, 0.2) is 5.78 Å². The molecule has 19 heavy (non-hydrogen) atoms. The van der Waals surface area contributed by atoms with Crippen molar-refractivity contribution in [2.24, 2.45) is 17.8 Å². The predicted octanol–water partition coefficient (Wildman–Crippen LogP) is 2.02. The van der Waals surface area contributed by atoms with Gasteiger partial charge in [0, 0.05) is 25.6 Å². The molecular weight excluding hydrogens is 236 g/mol. The summed E-state index contributed by atoms with van der Waals surface area (Å²) in [5.74, 6) is 2.78. The van der Waals surface area contributed by atoms with E-state index in [1.54, 1.807) is 0 Å². The number of likely N-dealkylation sites (tertiary alicyclic amines) is 1. The zero-order valence-electron chi connectivity index (χ0n) is 12.6. The minimum Gasteiger partial charge on any atom is -0.298 e. The first-order chi connectivity index (χ1) is 9.11. The van der Waals surface area contributed by atoms with E-state index in [4.69, 9.17) is 0 Å². The molecule has 4 heterocycles. The van der Waals surface area contributed by atoms with Gasteiger partial charge in [0.2, 0.25) is 0 Å². The minimum absolute atomic E-state index is 0.195. The largest absolute Gasteiger partial charge is 0.298 e. The maximum atomic E-state index is 12.5. The Labute approximate surface area is 117 Å². The summed E-state index contributed by atoms with van der Waals surface area (Å²) in [7, 11) is 0. The smallest absolute Gasteiger partial charge is 0.151 e. The number of ketones is 1. The molecule has 0 saturated carbocycles. The van der Waals surface area contributed by atoms with E-state index in [1.165, 1.54) is 32.5 Å². The molecule has 3 atom stereocenters. The van der Waals surface area contributed by atoms with Gasteiger partial charge in [0.1, 0.15) is 0 Å². The summed E-state index contributed by atoms with van der Waals surface area (Å²) in [5, 5.41) is 0. The molecule has 4 fully saturated rings. The monoisotopic (exact) mass is 264 g/mol. The number of Topliss-reactive ketones (excluding diaryl/α,β-unsaturated/α-hetero) is 1. The Balaban J connectivity index is 1.85. The van der Waals surface area contributed by atoms with E-state index in [-0.39, 0.29) is 6.04 Å². The van der Waals surface area contributed by atoms with Gasteiger partial charge < -0.3 is 0 Å². The van der Waals surface area contributed by atoms with Crippen LogP contribution in [0.3, 0.4) is 0 Å². The summed E-state index contributed by atoms with van der Waals surface area (Å²) >= 11 is 0. The van der Waals surface area contributed by atoms with Gasteiger partial charge in [-0.2, -0.15) is 0 Å².